The van der Waals surface area contributed by atoms with Crippen LogP contribution in [0.25, 0.3) is 0 Å². The number of nitrogens with one attached hydrogen (secondary N) is 1. The molecule has 2 rings (SSSR count). The molecule has 0 aliphatic rings. The van der Waals surface area contributed by atoms with Gasteiger partial charge in [0, 0.05) is 5.02 Å². The number of amides is 1. The van der Waals surface area contributed by atoms with Crippen LogP contribution in [0, 0.1) is 0 Å². The van der Waals surface area contributed by atoms with Crippen LogP contribution in [0.5, 0.6) is 5.75 Å². The number of furan rings is 1. The van der Waals surface area contributed by atoms with E-state index in [1.54, 1.807) is 30.3 Å². The van der Waals surface area contributed by atoms with E-state index in [0.717, 1.165) is 0 Å². The molecule has 1 heterocycles. The van der Waals surface area contributed by atoms with Gasteiger partial charge in [0.1, 0.15) is 24.7 Å². The number of esters is 1. The number of carbonyl (C=O) groups is 2. The lowest BCUT2D eigenvalue weighted by atomic mass is 10.3. The van der Waals surface area contributed by atoms with Crippen LogP contribution in [0.15, 0.2) is 40.8 Å². The first-order valence-corrected chi connectivity index (χ1v) is 6.78. The van der Waals surface area contributed by atoms with Gasteiger partial charge in [0.25, 0.3) is 5.91 Å². The highest BCUT2D eigenvalue weighted by Crippen LogP contribution is 2.19. The van der Waals surface area contributed by atoms with E-state index in [9.17, 15) is 9.59 Å². The molecule has 0 fully saturated rings. The average Bonchev–Trinajstić information content (AvgIpc) is 2.99. The number of rotatable bonds is 6. The van der Waals surface area contributed by atoms with Crippen molar-refractivity contribution in [1.82, 2.24) is 5.32 Å². The van der Waals surface area contributed by atoms with Crippen LogP contribution in [0.2, 0.25) is 5.02 Å². The molecule has 0 saturated carbocycles. The van der Waals surface area contributed by atoms with Crippen molar-refractivity contribution in [2.75, 3.05) is 13.7 Å². The maximum absolute atomic E-state index is 11.7. The number of hydrogen-bond donors (Lipinski definition) is 1. The summed E-state index contributed by atoms with van der Waals surface area (Å²) >= 11 is 5.85. The van der Waals surface area contributed by atoms with Crippen LogP contribution in [0.4, 0.5) is 0 Å². The summed E-state index contributed by atoms with van der Waals surface area (Å²) in [6, 6.07) is 10.1. The fourth-order valence-electron chi connectivity index (χ4n) is 1.60. The van der Waals surface area contributed by atoms with E-state index in [1.807, 2.05) is 0 Å². The van der Waals surface area contributed by atoms with Crippen LogP contribution in [-0.4, -0.2) is 25.5 Å². The van der Waals surface area contributed by atoms with Crippen LogP contribution >= 0.6 is 11.6 Å². The lowest BCUT2D eigenvalue weighted by Gasteiger charge is -2.04. The van der Waals surface area contributed by atoms with Crippen molar-refractivity contribution in [1.29, 1.82) is 0 Å². The van der Waals surface area contributed by atoms with Crippen molar-refractivity contribution in [3.8, 4) is 5.75 Å². The van der Waals surface area contributed by atoms with E-state index in [-0.39, 0.29) is 18.9 Å². The quantitative estimate of drug-likeness (QED) is 0.826. The molecule has 1 N–H and O–H groups in total. The SMILES string of the molecule is COC(=O)CNC(=O)c1ccc(COc2cccc(Cl)c2)o1. The Hall–Kier alpha value is -2.47. The first kappa shape index (κ1) is 15.9. The van der Waals surface area contributed by atoms with E-state index < -0.39 is 11.9 Å². The third-order valence-corrected chi connectivity index (χ3v) is 2.92. The van der Waals surface area contributed by atoms with Crippen LogP contribution in [-0.2, 0) is 16.1 Å². The maximum Gasteiger partial charge on any atom is 0.325 e. The molecule has 2 aromatic rings. The number of halogens is 1. The van der Waals surface area contributed by atoms with Gasteiger partial charge >= 0.3 is 5.97 Å². The summed E-state index contributed by atoms with van der Waals surface area (Å²) < 4.78 is 15.3. The molecule has 22 heavy (non-hydrogen) atoms. The monoisotopic (exact) mass is 323 g/mol. The molecule has 116 valence electrons. The molecule has 1 amide bonds. The molecule has 1 aromatic carbocycles. The van der Waals surface area contributed by atoms with E-state index in [0.29, 0.717) is 16.5 Å². The summed E-state index contributed by atoms with van der Waals surface area (Å²) in [7, 11) is 1.24. The Bertz CT molecular complexity index is 667. The smallest absolute Gasteiger partial charge is 0.325 e. The fourth-order valence-corrected chi connectivity index (χ4v) is 1.78. The molecule has 7 heteroatoms. The second kappa shape index (κ2) is 7.51. The molecule has 0 aliphatic heterocycles. The maximum atomic E-state index is 11.7. The summed E-state index contributed by atoms with van der Waals surface area (Å²) in [4.78, 5) is 22.7. The van der Waals surface area contributed by atoms with Crippen molar-refractivity contribution < 1.29 is 23.5 Å². The zero-order valence-electron chi connectivity index (χ0n) is 11.8. The highest BCUT2D eigenvalue weighted by atomic mass is 35.5. The molecular weight excluding hydrogens is 310 g/mol. The van der Waals surface area contributed by atoms with Gasteiger partial charge in [-0.3, -0.25) is 9.59 Å². The van der Waals surface area contributed by atoms with Crippen molar-refractivity contribution >= 4 is 23.5 Å². The van der Waals surface area contributed by atoms with Crippen LogP contribution in [0.3, 0.4) is 0 Å². The van der Waals surface area contributed by atoms with Crippen molar-refractivity contribution in [3.05, 3.63) is 52.9 Å². The van der Waals surface area contributed by atoms with Gasteiger partial charge in [0.2, 0.25) is 0 Å². The molecule has 0 bridgehead atoms. The molecular formula is C15H14ClNO5. The fraction of sp³-hybridized carbons (Fsp3) is 0.200. The standard InChI is InChI=1S/C15H14ClNO5/c1-20-14(18)8-17-15(19)13-6-5-12(22-13)9-21-11-4-2-3-10(16)7-11/h2-7H,8-9H2,1H3,(H,17,19). The van der Waals surface area contributed by atoms with E-state index in [1.165, 1.54) is 13.2 Å². The van der Waals surface area contributed by atoms with Crippen molar-refractivity contribution in [2.45, 2.75) is 6.61 Å². The lowest BCUT2D eigenvalue weighted by molar-refractivity contribution is -0.139. The summed E-state index contributed by atoms with van der Waals surface area (Å²) in [5.74, 6) is 0.126. The van der Waals surface area contributed by atoms with Gasteiger partial charge in [0.05, 0.1) is 7.11 Å². The topological polar surface area (TPSA) is 77.8 Å². The molecule has 0 spiro atoms. The lowest BCUT2D eigenvalue weighted by Crippen LogP contribution is -2.29. The number of methoxy groups -OCH3 is 1. The summed E-state index contributed by atoms with van der Waals surface area (Å²) in [5.41, 5.74) is 0. The Labute approximate surface area is 132 Å². The highest BCUT2D eigenvalue weighted by Gasteiger charge is 2.12. The first-order valence-electron chi connectivity index (χ1n) is 6.40. The number of ether oxygens (including phenoxy) is 2. The minimum atomic E-state index is -0.538. The Balaban J connectivity index is 1.88. The second-order valence-corrected chi connectivity index (χ2v) is 4.71. The van der Waals surface area contributed by atoms with Gasteiger partial charge in [-0.1, -0.05) is 17.7 Å². The van der Waals surface area contributed by atoms with Gasteiger partial charge < -0.3 is 19.2 Å². The largest absolute Gasteiger partial charge is 0.486 e. The Morgan fingerprint density at radius 3 is 2.82 bits per heavy atom. The number of benzene rings is 1. The predicted octanol–water partition coefficient (Wildman–Crippen LogP) is 2.41. The Morgan fingerprint density at radius 2 is 2.09 bits per heavy atom. The second-order valence-electron chi connectivity index (χ2n) is 4.27. The summed E-state index contributed by atoms with van der Waals surface area (Å²) in [6.07, 6.45) is 0. The molecule has 0 aliphatic carbocycles. The molecule has 0 atom stereocenters. The zero-order chi connectivity index (χ0) is 15.9. The normalized spacial score (nSPS) is 10.1. The minimum absolute atomic E-state index is 0.0913. The number of hydrogen-bond acceptors (Lipinski definition) is 5. The zero-order valence-corrected chi connectivity index (χ0v) is 12.6. The van der Waals surface area contributed by atoms with Gasteiger partial charge in [0.15, 0.2) is 5.76 Å². The first-order chi connectivity index (χ1) is 10.6. The molecule has 6 nitrogen and oxygen atoms in total. The molecule has 1 aromatic heterocycles. The van der Waals surface area contributed by atoms with E-state index in [2.05, 4.69) is 10.1 Å². The van der Waals surface area contributed by atoms with Gasteiger partial charge in [-0.05, 0) is 30.3 Å². The van der Waals surface area contributed by atoms with Gasteiger partial charge in [-0.25, -0.2) is 0 Å². The Morgan fingerprint density at radius 1 is 1.27 bits per heavy atom. The average molecular weight is 324 g/mol. The molecule has 0 radical (unpaired) electrons. The Kier molecular flexibility index (Phi) is 5.43. The van der Waals surface area contributed by atoms with Crippen LogP contribution in [0.1, 0.15) is 16.3 Å². The van der Waals surface area contributed by atoms with Crippen LogP contribution < -0.4 is 10.1 Å². The highest BCUT2D eigenvalue weighted by molar-refractivity contribution is 6.30. The number of carbonyl (C=O) groups excluding carboxylic acids is 2. The molecule has 0 saturated heterocycles. The van der Waals surface area contributed by atoms with Gasteiger partial charge in [-0.2, -0.15) is 0 Å². The van der Waals surface area contributed by atoms with Crippen molar-refractivity contribution in [3.63, 3.8) is 0 Å². The molecule has 0 unspecified atom stereocenters. The van der Waals surface area contributed by atoms with Crippen molar-refractivity contribution in [2.24, 2.45) is 0 Å². The third kappa shape index (κ3) is 4.53. The van der Waals surface area contributed by atoms with E-state index in [4.69, 9.17) is 20.8 Å². The predicted molar refractivity (Wildman–Crippen MR) is 78.8 cm³/mol. The summed E-state index contributed by atoms with van der Waals surface area (Å²) in [5, 5.41) is 2.95. The van der Waals surface area contributed by atoms with Gasteiger partial charge in [-0.15, -0.1) is 0 Å². The summed E-state index contributed by atoms with van der Waals surface area (Å²) in [6.45, 7) is -0.0605. The van der Waals surface area contributed by atoms with E-state index >= 15 is 0 Å². The minimum Gasteiger partial charge on any atom is -0.486 e. The third-order valence-electron chi connectivity index (χ3n) is 2.68.